The van der Waals surface area contributed by atoms with Crippen LogP contribution in [0.25, 0.3) is 0 Å². The van der Waals surface area contributed by atoms with Crippen molar-refractivity contribution in [1.29, 1.82) is 0 Å². The number of carbonyl (C=O) groups is 3. The zero-order valence-electron chi connectivity index (χ0n) is 19.8. The summed E-state index contributed by atoms with van der Waals surface area (Å²) in [7, 11) is 0. The molecule has 1 atom stereocenters. The molecule has 2 aliphatic heterocycles. The Morgan fingerprint density at radius 3 is 2.43 bits per heavy atom. The highest BCUT2D eigenvalue weighted by molar-refractivity contribution is 6.16. The van der Waals surface area contributed by atoms with Gasteiger partial charge in [0.25, 0.3) is 11.8 Å². The van der Waals surface area contributed by atoms with Crippen LogP contribution >= 0.6 is 0 Å². The largest absolute Gasteiger partial charge is 0.326 e. The van der Waals surface area contributed by atoms with Gasteiger partial charge in [-0.25, -0.2) is 0 Å². The molecule has 0 bridgehead atoms. The minimum atomic E-state index is -0.572. The van der Waals surface area contributed by atoms with Gasteiger partial charge in [-0.15, -0.1) is 10.2 Å². The van der Waals surface area contributed by atoms with Crippen LogP contribution in [0.4, 0.5) is 11.4 Å². The second kappa shape index (κ2) is 9.30. The number of hydrogen-bond acceptors (Lipinski definition) is 6. The van der Waals surface area contributed by atoms with Gasteiger partial charge in [0.1, 0.15) is 6.17 Å². The maximum absolute atomic E-state index is 13.5. The summed E-state index contributed by atoms with van der Waals surface area (Å²) in [6, 6.07) is 22.0. The molecule has 2 N–H and O–H groups in total. The molecule has 10 heteroatoms. The van der Waals surface area contributed by atoms with Crippen LogP contribution in [0.5, 0.6) is 0 Å². The number of aromatic nitrogens is 4. The number of aromatic amines is 1. The number of para-hydroxylation sites is 1. The topological polar surface area (TPSA) is 124 Å². The average molecular weight is 494 g/mol. The number of benzene rings is 3. The van der Waals surface area contributed by atoms with E-state index >= 15 is 0 Å². The summed E-state index contributed by atoms with van der Waals surface area (Å²) < 4.78 is 0. The Balaban J connectivity index is 1.15. The zero-order chi connectivity index (χ0) is 25.4. The molecule has 2 aliphatic rings. The molecule has 3 aromatic carbocycles. The molecule has 0 unspecified atom stereocenters. The number of tetrazole rings is 1. The summed E-state index contributed by atoms with van der Waals surface area (Å²) in [5.41, 5.74) is 4.16. The van der Waals surface area contributed by atoms with Crippen LogP contribution in [-0.2, 0) is 17.6 Å². The molecule has 6 rings (SSSR count). The van der Waals surface area contributed by atoms with Crippen LogP contribution in [0.3, 0.4) is 0 Å². The lowest BCUT2D eigenvalue weighted by Gasteiger charge is -2.40. The Bertz CT molecular complexity index is 1480. The highest BCUT2D eigenvalue weighted by Crippen LogP contribution is 2.45. The number of anilines is 2. The molecule has 0 fully saturated rings. The van der Waals surface area contributed by atoms with E-state index in [9.17, 15) is 14.4 Å². The van der Waals surface area contributed by atoms with E-state index in [4.69, 9.17) is 0 Å². The highest BCUT2D eigenvalue weighted by atomic mass is 16.2. The molecule has 0 radical (unpaired) electrons. The van der Waals surface area contributed by atoms with Crippen LogP contribution in [-0.4, -0.2) is 49.8 Å². The van der Waals surface area contributed by atoms with Gasteiger partial charge in [-0.1, -0.05) is 47.7 Å². The van der Waals surface area contributed by atoms with Crippen LogP contribution in [0.1, 0.15) is 50.3 Å². The van der Waals surface area contributed by atoms with Crippen molar-refractivity contribution in [1.82, 2.24) is 25.5 Å². The summed E-state index contributed by atoms with van der Waals surface area (Å²) in [6.45, 7) is 0.171. The Labute approximate surface area is 212 Å². The zero-order valence-corrected chi connectivity index (χ0v) is 19.8. The number of carbonyl (C=O) groups excluding carboxylic acids is 3. The number of fused-ring (bicyclic) bond motifs is 5. The Morgan fingerprint density at radius 1 is 0.892 bits per heavy atom. The molecular formula is C27H23N7O3. The predicted molar refractivity (Wildman–Crippen MR) is 135 cm³/mol. The third-order valence-corrected chi connectivity index (χ3v) is 6.73. The van der Waals surface area contributed by atoms with Gasteiger partial charge in [0.15, 0.2) is 5.82 Å². The Hall–Kier alpha value is -4.86. The van der Waals surface area contributed by atoms with Crippen molar-refractivity contribution in [3.8, 4) is 0 Å². The third kappa shape index (κ3) is 4.12. The number of H-pyrrole nitrogens is 1. The number of hydrogen-bond donors (Lipinski definition) is 2. The third-order valence-electron chi connectivity index (χ3n) is 6.73. The number of rotatable bonds is 7. The number of nitrogens with zero attached hydrogens (tertiary/aromatic N) is 5. The van der Waals surface area contributed by atoms with E-state index in [0.717, 1.165) is 17.5 Å². The van der Waals surface area contributed by atoms with Crippen LogP contribution in [0.2, 0.25) is 0 Å². The van der Waals surface area contributed by atoms with E-state index in [1.807, 2.05) is 48.5 Å². The second-order valence-corrected chi connectivity index (χ2v) is 8.97. The van der Waals surface area contributed by atoms with Gasteiger partial charge in [-0.05, 0) is 42.3 Å². The van der Waals surface area contributed by atoms with E-state index in [1.54, 1.807) is 34.1 Å². The molecule has 4 aromatic rings. The van der Waals surface area contributed by atoms with Gasteiger partial charge in [-0.2, -0.15) is 5.21 Å². The van der Waals surface area contributed by atoms with E-state index in [1.165, 1.54) is 0 Å². The molecule has 1 aromatic heterocycles. The minimum Gasteiger partial charge on any atom is -0.326 e. The molecular weight excluding hydrogens is 470 g/mol. The first-order valence-electron chi connectivity index (χ1n) is 12.0. The van der Waals surface area contributed by atoms with E-state index < -0.39 is 6.17 Å². The molecule has 3 heterocycles. The molecule has 0 saturated heterocycles. The number of amides is 3. The van der Waals surface area contributed by atoms with Crippen LogP contribution < -0.4 is 10.2 Å². The van der Waals surface area contributed by atoms with Crippen molar-refractivity contribution in [3.63, 3.8) is 0 Å². The lowest BCUT2D eigenvalue weighted by Crippen LogP contribution is -2.48. The first kappa shape index (κ1) is 22.6. The highest BCUT2D eigenvalue weighted by Gasteiger charge is 2.47. The number of aryl methyl sites for hydroxylation is 2. The van der Waals surface area contributed by atoms with Crippen molar-refractivity contribution in [2.24, 2.45) is 0 Å². The first-order chi connectivity index (χ1) is 18.1. The minimum absolute atomic E-state index is 0.0915. The van der Waals surface area contributed by atoms with Gasteiger partial charge >= 0.3 is 0 Å². The Morgan fingerprint density at radius 2 is 1.65 bits per heavy atom. The van der Waals surface area contributed by atoms with Crippen molar-refractivity contribution in [3.05, 3.63) is 101 Å². The standard InChI is InChI=1S/C27H23N7O3/c35-24(28-18-12-9-17(10-13-18)11-14-23-29-31-32-30-23)15-16-33-25-19-5-1-2-6-20(19)27(37)34(25)22-8-4-3-7-21(22)26(33)36/h1-10,12-13,25H,11,14-16H2,(H,28,35)(H,29,30,31,32)/t25-/m0/s1. The monoisotopic (exact) mass is 493 g/mol. The fourth-order valence-electron chi connectivity index (χ4n) is 4.94. The quantitative estimate of drug-likeness (QED) is 0.408. The van der Waals surface area contributed by atoms with Gasteiger partial charge in [0, 0.05) is 36.2 Å². The number of nitrogens with one attached hydrogen (secondary N) is 2. The van der Waals surface area contributed by atoms with E-state index in [2.05, 4.69) is 25.9 Å². The van der Waals surface area contributed by atoms with Crippen molar-refractivity contribution in [2.75, 3.05) is 16.8 Å². The van der Waals surface area contributed by atoms with Crippen molar-refractivity contribution in [2.45, 2.75) is 25.4 Å². The molecule has 184 valence electrons. The smallest absolute Gasteiger partial charge is 0.260 e. The van der Waals surface area contributed by atoms with Gasteiger partial charge in [0.05, 0.1) is 11.3 Å². The summed E-state index contributed by atoms with van der Waals surface area (Å²) in [4.78, 5) is 42.8. The predicted octanol–water partition coefficient (Wildman–Crippen LogP) is 3.13. The lowest BCUT2D eigenvalue weighted by atomic mass is 10.0. The fraction of sp³-hybridized carbons (Fsp3) is 0.185. The van der Waals surface area contributed by atoms with Crippen LogP contribution in [0, 0.1) is 0 Å². The molecule has 3 amide bonds. The van der Waals surface area contributed by atoms with Crippen molar-refractivity contribution >= 4 is 29.1 Å². The SMILES string of the molecule is O=C(CCN1C(=O)c2ccccc2N2C(=O)c3ccccc3[C@@H]12)Nc1ccc(CCc2nn[nH]n2)cc1. The summed E-state index contributed by atoms with van der Waals surface area (Å²) in [5.74, 6) is 0.0994. The molecule has 0 saturated carbocycles. The molecule has 0 aliphatic carbocycles. The lowest BCUT2D eigenvalue weighted by molar-refractivity contribution is -0.116. The summed E-state index contributed by atoms with van der Waals surface area (Å²) >= 11 is 0. The maximum atomic E-state index is 13.5. The van der Waals surface area contributed by atoms with Gasteiger partial charge in [0.2, 0.25) is 5.91 Å². The van der Waals surface area contributed by atoms with Crippen molar-refractivity contribution < 1.29 is 14.4 Å². The normalized spacial score (nSPS) is 15.8. The van der Waals surface area contributed by atoms with E-state index in [-0.39, 0.29) is 30.7 Å². The first-order valence-corrected chi connectivity index (χ1v) is 12.0. The Kier molecular flexibility index (Phi) is 5.68. The summed E-state index contributed by atoms with van der Waals surface area (Å²) in [6.07, 6.45) is 0.940. The average Bonchev–Trinajstić information content (AvgIpc) is 3.55. The second-order valence-electron chi connectivity index (χ2n) is 8.97. The molecule has 10 nitrogen and oxygen atoms in total. The summed E-state index contributed by atoms with van der Waals surface area (Å²) in [5, 5.41) is 16.8. The fourth-order valence-corrected chi connectivity index (χ4v) is 4.94. The molecule has 0 spiro atoms. The molecule has 37 heavy (non-hydrogen) atoms. The van der Waals surface area contributed by atoms with Gasteiger partial charge < -0.3 is 10.2 Å². The van der Waals surface area contributed by atoms with Gasteiger partial charge in [-0.3, -0.25) is 19.3 Å². The van der Waals surface area contributed by atoms with E-state index in [0.29, 0.717) is 34.7 Å². The maximum Gasteiger partial charge on any atom is 0.260 e. The van der Waals surface area contributed by atoms with Crippen LogP contribution in [0.15, 0.2) is 72.8 Å².